The zero-order valence-corrected chi connectivity index (χ0v) is 45.0. The van der Waals surface area contributed by atoms with E-state index in [1.807, 2.05) is 69.3 Å². The molecule has 2 aliphatic heterocycles. The summed E-state index contributed by atoms with van der Waals surface area (Å²) >= 11 is 0. The molecule has 2 aromatic heterocycles. The van der Waals surface area contributed by atoms with Crippen LogP contribution >= 0.6 is 16.5 Å². The molecule has 2 aliphatic rings. The van der Waals surface area contributed by atoms with E-state index in [4.69, 9.17) is 59.0 Å². The maximum atomic E-state index is 7.19. The van der Waals surface area contributed by atoms with Crippen LogP contribution in [0.2, 0.25) is 0 Å². The molecule has 5 atom stereocenters. The second kappa shape index (κ2) is 17.8. The number of fused-ring (bicyclic) bond motifs is 7. The Morgan fingerprint density at radius 2 is 0.809 bits per heavy atom. The summed E-state index contributed by atoms with van der Waals surface area (Å²) in [5, 5.41) is 3.20. The quantitative estimate of drug-likeness (QED) is 0.136. The average molecular weight is 977 g/mol. The van der Waals surface area contributed by atoms with Crippen LogP contribution < -0.4 is 28.0 Å². The molecule has 4 aromatic carbocycles. The SMILES string of the molecule is COc1cc(C(C)(C)C)c2op(OC(C)[C@H]3O[C@@H]4OC(C)(C)O[C@@H]4[C@H]3Op3oc4c(C(C)(C)C)cc(OC)cc4c4cc(OC)cc(C(C)(C)C)c4o3)oc3c(C(C)(C)C)cc(OC)cc3c2c1. The summed E-state index contributed by atoms with van der Waals surface area (Å²) in [6.45, 7) is 31.3. The lowest BCUT2D eigenvalue weighted by atomic mass is 9.84. The highest BCUT2D eigenvalue weighted by atomic mass is 31.1. The lowest BCUT2D eigenvalue weighted by molar-refractivity contribution is -0.218. The first-order valence-electron chi connectivity index (χ1n) is 23.2. The molecule has 0 saturated carbocycles. The van der Waals surface area contributed by atoms with Crippen LogP contribution in [0.25, 0.3) is 43.9 Å². The molecule has 8 rings (SSSR count). The second-order valence-corrected chi connectivity index (χ2v) is 24.5. The number of benzene rings is 4. The van der Waals surface area contributed by atoms with Crippen molar-refractivity contribution in [1.29, 1.82) is 0 Å². The first kappa shape index (κ1) is 50.1. The number of methoxy groups -OCH3 is 4. The van der Waals surface area contributed by atoms with Crippen molar-refractivity contribution in [2.45, 2.75) is 162 Å². The maximum absolute atomic E-state index is 7.19. The number of hydrogen-bond acceptors (Lipinski definition) is 13. The van der Waals surface area contributed by atoms with Crippen LogP contribution in [0.5, 0.6) is 23.0 Å². The van der Waals surface area contributed by atoms with E-state index in [-0.39, 0.29) is 21.7 Å². The molecule has 15 heteroatoms. The third kappa shape index (κ3) is 9.62. The fraction of sp³-hybridized carbons (Fsp3) is 0.547. The third-order valence-corrected chi connectivity index (χ3v) is 14.9. The van der Waals surface area contributed by atoms with Gasteiger partial charge < -0.3 is 49.9 Å². The Hall–Kier alpha value is -4.32. The van der Waals surface area contributed by atoms with Crippen LogP contribution in [0, 0.1) is 0 Å². The van der Waals surface area contributed by atoms with Crippen molar-refractivity contribution in [3.05, 3.63) is 70.8 Å². The molecule has 4 heterocycles. The number of rotatable bonds is 9. The lowest BCUT2D eigenvalue weighted by Crippen LogP contribution is -2.44. The van der Waals surface area contributed by atoms with Gasteiger partial charge in [0.2, 0.25) is 0 Å². The Kier molecular flexibility index (Phi) is 13.1. The van der Waals surface area contributed by atoms with Gasteiger partial charge in [-0.2, -0.15) is 0 Å². The van der Waals surface area contributed by atoms with Crippen molar-refractivity contribution in [3.63, 3.8) is 0 Å². The first-order chi connectivity index (χ1) is 31.6. The Morgan fingerprint density at radius 1 is 0.485 bits per heavy atom. The molecule has 0 aliphatic carbocycles. The van der Waals surface area contributed by atoms with E-state index in [1.54, 1.807) is 28.4 Å². The highest BCUT2D eigenvalue weighted by Gasteiger charge is 2.58. The van der Waals surface area contributed by atoms with Gasteiger partial charge in [-0.1, -0.05) is 83.1 Å². The van der Waals surface area contributed by atoms with Crippen molar-refractivity contribution in [2.24, 2.45) is 0 Å². The topological polar surface area (TPSA) is 136 Å². The van der Waals surface area contributed by atoms with Crippen LogP contribution in [0.1, 0.15) is 126 Å². The van der Waals surface area contributed by atoms with Crippen molar-refractivity contribution < 1.29 is 59.0 Å². The smallest absolute Gasteiger partial charge is 0.387 e. The predicted octanol–water partition coefficient (Wildman–Crippen LogP) is 14.3. The summed E-state index contributed by atoms with van der Waals surface area (Å²) in [6, 6.07) is 16.0. The number of ether oxygens (including phenoxy) is 7. The molecule has 68 heavy (non-hydrogen) atoms. The van der Waals surface area contributed by atoms with E-state index in [0.29, 0.717) is 45.3 Å². The lowest BCUT2D eigenvalue weighted by Gasteiger charge is -2.27. The van der Waals surface area contributed by atoms with Gasteiger partial charge in [0.25, 0.3) is 0 Å². The van der Waals surface area contributed by atoms with Crippen molar-refractivity contribution in [2.75, 3.05) is 28.4 Å². The Morgan fingerprint density at radius 3 is 1.12 bits per heavy atom. The van der Waals surface area contributed by atoms with Crippen LogP contribution in [0.3, 0.4) is 0 Å². The third-order valence-electron chi connectivity index (χ3n) is 12.6. The van der Waals surface area contributed by atoms with Crippen molar-refractivity contribution in [3.8, 4) is 23.0 Å². The van der Waals surface area contributed by atoms with Crippen molar-refractivity contribution >= 4 is 60.4 Å². The zero-order valence-electron chi connectivity index (χ0n) is 43.2. The van der Waals surface area contributed by atoms with Crippen molar-refractivity contribution in [1.82, 2.24) is 0 Å². The Balaban J connectivity index is 1.34. The molecule has 0 spiro atoms. The summed E-state index contributed by atoms with van der Waals surface area (Å²) in [7, 11) is 2.31. The molecule has 0 radical (unpaired) electrons. The molecule has 0 amide bonds. The molecule has 0 bridgehead atoms. The highest BCUT2D eigenvalue weighted by Crippen LogP contribution is 2.49. The van der Waals surface area contributed by atoms with Gasteiger partial charge in [0.05, 0.1) is 34.5 Å². The van der Waals surface area contributed by atoms with Gasteiger partial charge in [-0.25, -0.2) is 0 Å². The molecule has 2 fully saturated rings. The molecule has 2 saturated heterocycles. The van der Waals surface area contributed by atoms with E-state index in [9.17, 15) is 0 Å². The van der Waals surface area contributed by atoms with Gasteiger partial charge in [-0.05, 0) is 91.0 Å². The molecular formula is C53H70O13P2. The average Bonchev–Trinajstić information content (AvgIpc) is 3.59. The Labute approximate surface area is 402 Å². The van der Waals surface area contributed by atoms with Crippen LogP contribution in [-0.2, 0) is 35.9 Å². The highest BCUT2D eigenvalue weighted by molar-refractivity contribution is 7.32. The van der Waals surface area contributed by atoms with Crippen LogP contribution in [-0.4, -0.2) is 64.9 Å². The van der Waals surface area contributed by atoms with Gasteiger partial charge in [0.1, 0.15) is 63.6 Å². The van der Waals surface area contributed by atoms with E-state index in [2.05, 4.69) is 83.1 Å². The van der Waals surface area contributed by atoms with E-state index in [1.165, 1.54) is 0 Å². The molecule has 1 unspecified atom stereocenters. The summed E-state index contributed by atoms with van der Waals surface area (Å²) in [6.07, 6.45) is -3.77. The maximum Gasteiger partial charge on any atom is 0.387 e. The Bertz CT molecular complexity index is 2790. The number of hydrogen-bond donors (Lipinski definition) is 0. The molecule has 370 valence electrons. The summed E-state index contributed by atoms with van der Waals surface area (Å²) in [4.78, 5) is 0. The van der Waals surface area contributed by atoms with E-state index < -0.39 is 53.0 Å². The minimum Gasteiger partial charge on any atom is -0.497 e. The monoisotopic (exact) mass is 976 g/mol. The second-order valence-electron chi connectivity index (χ2n) is 22.5. The molecule has 0 N–H and O–H groups in total. The van der Waals surface area contributed by atoms with Gasteiger partial charge in [0, 0.05) is 43.8 Å². The minimum absolute atomic E-state index is 0.359. The predicted molar refractivity (Wildman–Crippen MR) is 269 cm³/mol. The standard InChI is InChI=1S/C53H70O13P2/c1-28(61-67-62-42-33(20-29(54-16)24-37(42)49(2,3)4)34-21-30(55-17)25-38(43(34)63-67)50(5,6)7)41-46(47-48(58-41)60-53(14,15)59-47)66-68-64-44-35(22-31(56-18)26-39(44)51(8,9)10)36-23-32(57-19)27-40(45(36)65-68)52(11,12)13/h20-28,41,46-48H,1-19H3/t28?,41-,46+,47-,48-/m1/s1. The summed E-state index contributed by atoms with van der Waals surface area (Å²) in [5.74, 6) is 1.79. The van der Waals surface area contributed by atoms with Crippen LogP contribution in [0.15, 0.2) is 65.3 Å². The fourth-order valence-corrected chi connectivity index (χ4v) is 11.5. The van der Waals surface area contributed by atoms with Gasteiger partial charge in [-0.15, -0.1) is 0 Å². The molecule has 13 nitrogen and oxygen atoms in total. The van der Waals surface area contributed by atoms with E-state index >= 15 is 0 Å². The normalized spacial score (nSPS) is 20.3. The van der Waals surface area contributed by atoms with E-state index in [0.717, 1.165) is 43.8 Å². The zero-order chi connectivity index (χ0) is 49.6. The van der Waals surface area contributed by atoms with Gasteiger partial charge in [-0.3, -0.25) is 9.05 Å². The summed E-state index contributed by atoms with van der Waals surface area (Å²) in [5.41, 5.74) is 4.73. The fourth-order valence-electron chi connectivity index (χ4n) is 9.02. The summed E-state index contributed by atoms with van der Waals surface area (Å²) < 4.78 is 85.7. The van der Waals surface area contributed by atoms with Gasteiger partial charge >= 0.3 is 16.5 Å². The largest absolute Gasteiger partial charge is 0.497 e. The molecular weight excluding hydrogens is 907 g/mol. The minimum atomic E-state index is -2.21. The van der Waals surface area contributed by atoms with Gasteiger partial charge in [0.15, 0.2) is 12.1 Å². The van der Waals surface area contributed by atoms with Crippen LogP contribution in [0.4, 0.5) is 0 Å². The molecule has 6 aromatic rings. The first-order valence-corrected chi connectivity index (χ1v) is 25.4.